The van der Waals surface area contributed by atoms with Gasteiger partial charge >= 0.3 is 155 Å². The van der Waals surface area contributed by atoms with Crippen molar-refractivity contribution in [3.8, 4) is 5.75 Å². The van der Waals surface area contributed by atoms with Crippen LogP contribution in [0.25, 0.3) is 0 Å². The Labute approximate surface area is 155 Å². The van der Waals surface area contributed by atoms with Gasteiger partial charge in [0.2, 0.25) is 0 Å². The van der Waals surface area contributed by atoms with E-state index in [0.29, 0.717) is 5.75 Å². The summed E-state index contributed by atoms with van der Waals surface area (Å²) in [7, 11) is -2.80. The van der Waals surface area contributed by atoms with Crippen molar-refractivity contribution in [2.75, 3.05) is 7.11 Å². The summed E-state index contributed by atoms with van der Waals surface area (Å²) in [6.45, 7) is 8.29. The fourth-order valence-corrected chi connectivity index (χ4v) is 3.53. The molecular formula is C20H29O5P. The summed E-state index contributed by atoms with van der Waals surface area (Å²) in [4.78, 5) is 19.0. The quantitative estimate of drug-likeness (QED) is 0.625. The Balaban J connectivity index is 2.22. The third-order valence-electron chi connectivity index (χ3n) is 4.54. The normalized spacial score (nSPS) is 12.6. The summed E-state index contributed by atoms with van der Waals surface area (Å²) in [5.41, 5.74) is 6.42. The molecule has 3 N–H and O–H groups in total. The van der Waals surface area contributed by atoms with E-state index in [1.54, 1.807) is 6.07 Å². The molecular weight excluding hydrogens is 351 g/mol. The van der Waals surface area contributed by atoms with Gasteiger partial charge in [0.05, 0.1) is 0 Å². The van der Waals surface area contributed by atoms with E-state index < -0.39 is 8.17 Å². The van der Waals surface area contributed by atoms with Crippen molar-refractivity contribution >= 4 is 8.17 Å². The Bertz CT molecular complexity index is 748. The van der Waals surface area contributed by atoms with Crippen LogP contribution in [0.2, 0.25) is 0 Å². The molecule has 0 aromatic heterocycles. The molecule has 2 aromatic carbocycles. The van der Waals surface area contributed by atoms with Crippen LogP contribution in [0.15, 0.2) is 30.3 Å². The Hall–Kier alpha value is -1.49. The molecule has 0 heterocycles. The fourth-order valence-electron chi connectivity index (χ4n) is 3.06. The van der Waals surface area contributed by atoms with Crippen molar-refractivity contribution in [3.63, 3.8) is 0 Å². The number of aromatic hydroxyl groups is 1. The van der Waals surface area contributed by atoms with Crippen LogP contribution in [0, 0.1) is 13.8 Å². The van der Waals surface area contributed by atoms with Crippen LogP contribution in [0.1, 0.15) is 53.1 Å². The fraction of sp³-hybridized carbons (Fsp3) is 0.400. The monoisotopic (exact) mass is 380 g/mol. The van der Waals surface area contributed by atoms with Gasteiger partial charge in [-0.25, -0.2) is 0 Å². The van der Waals surface area contributed by atoms with Gasteiger partial charge in [-0.3, -0.25) is 0 Å². The summed E-state index contributed by atoms with van der Waals surface area (Å²) in [5.74, 6) is 0.599. The summed E-state index contributed by atoms with van der Waals surface area (Å²) in [6, 6.07) is 9.76. The predicted octanol–water partition coefficient (Wildman–Crippen LogP) is 4.28. The van der Waals surface area contributed by atoms with Gasteiger partial charge in [-0.15, -0.1) is 0 Å². The number of hydrogen-bond acceptors (Lipinski definition) is 5. The van der Waals surface area contributed by atoms with Crippen molar-refractivity contribution in [1.82, 2.24) is 0 Å². The third-order valence-corrected chi connectivity index (χ3v) is 5.60. The minimum atomic E-state index is -4.02. The summed E-state index contributed by atoms with van der Waals surface area (Å²) >= 11 is 0. The first-order valence-corrected chi connectivity index (χ1v) is 10.4. The van der Waals surface area contributed by atoms with E-state index in [-0.39, 0.29) is 12.5 Å². The first-order chi connectivity index (χ1) is 12.1. The van der Waals surface area contributed by atoms with Crippen molar-refractivity contribution in [2.24, 2.45) is 0 Å². The molecule has 5 nitrogen and oxygen atoms in total. The van der Waals surface area contributed by atoms with Crippen molar-refractivity contribution in [3.05, 3.63) is 63.7 Å². The molecule has 0 spiro atoms. The third kappa shape index (κ3) is 5.26. The number of hydrogen-bond donors (Lipinski definition) is 3. The van der Waals surface area contributed by atoms with Gasteiger partial charge in [-0.2, -0.15) is 0 Å². The zero-order valence-electron chi connectivity index (χ0n) is 16.0. The van der Waals surface area contributed by atoms with Crippen LogP contribution < -0.4 is 0 Å². The molecule has 0 fully saturated rings. The molecule has 0 saturated carbocycles. The predicted molar refractivity (Wildman–Crippen MR) is 105 cm³/mol. The second-order valence-corrected chi connectivity index (χ2v) is 8.77. The van der Waals surface area contributed by atoms with Crippen LogP contribution in [0.5, 0.6) is 5.75 Å². The van der Waals surface area contributed by atoms with Gasteiger partial charge < -0.3 is 0 Å². The van der Waals surface area contributed by atoms with Crippen LogP contribution in [-0.2, 0) is 22.1 Å². The van der Waals surface area contributed by atoms with Crippen molar-refractivity contribution in [1.29, 1.82) is 0 Å². The van der Waals surface area contributed by atoms with Crippen LogP contribution in [0.3, 0.4) is 0 Å². The standard InChI is InChI=1S/C20H29O5P/c1-13(2)18-10-16(6-7-20(18)21)11-19-14(3)8-17(9-15(19)4)12-25-26(22,23)24-5/h6-10,13,21-23,26H,11-12H2,1-5H3. The van der Waals surface area contributed by atoms with Gasteiger partial charge in [-0.05, 0) is 0 Å². The van der Waals surface area contributed by atoms with E-state index in [4.69, 9.17) is 4.52 Å². The van der Waals surface area contributed by atoms with Crippen molar-refractivity contribution in [2.45, 2.75) is 46.6 Å². The van der Waals surface area contributed by atoms with Crippen molar-refractivity contribution < 1.29 is 23.9 Å². The van der Waals surface area contributed by atoms with Crippen LogP contribution >= 0.6 is 8.17 Å². The second-order valence-electron chi connectivity index (χ2n) is 6.97. The van der Waals surface area contributed by atoms with Gasteiger partial charge in [0, 0.05) is 0 Å². The Morgan fingerprint density at radius 3 is 2.15 bits per heavy atom. The number of phenolic OH excluding ortho intramolecular Hbond substituents is 1. The van der Waals surface area contributed by atoms with E-state index in [9.17, 15) is 14.9 Å². The van der Waals surface area contributed by atoms with Gasteiger partial charge in [0.25, 0.3) is 0 Å². The van der Waals surface area contributed by atoms with E-state index in [1.165, 1.54) is 12.7 Å². The molecule has 0 atom stereocenters. The molecule has 0 aliphatic rings. The molecule has 2 aromatic rings. The molecule has 0 bridgehead atoms. The first-order valence-electron chi connectivity index (χ1n) is 8.67. The molecule has 0 saturated heterocycles. The molecule has 26 heavy (non-hydrogen) atoms. The van der Waals surface area contributed by atoms with E-state index >= 15 is 0 Å². The number of benzene rings is 2. The summed E-state index contributed by atoms with van der Waals surface area (Å²) in [6.07, 6.45) is 0.773. The number of aryl methyl sites for hydroxylation is 2. The van der Waals surface area contributed by atoms with Crippen LogP contribution in [-0.4, -0.2) is 22.0 Å². The number of rotatable bonds is 7. The van der Waals surface area contributed by atoms with Gasteiger partial charge in [0.1, 0.15) is 0 Å². The molecule has 0 aliphatic heterocycles. The van der Waals surface area contributed by atoms with E-state index in [1.807, 2.05) is 32.0 Å². The molecule has 0 aliphatic carbocycles. The van der Waals surface area contributed by atoms with Crippen LogP contribution in [0.4, 0.5) is 0 Å². The average molecular weight is 380 g/mol. The Morgan fingerprint density at radius 2 is 1.62 bits per heavy atom. The zero-order valence-corrected chi connectivity index (χ0v) is 17.0. The molecule has 0 unspecified atom stereocenters. The minimum absolute atomic E-state index is 0.0890. The molecule has 144 valence electrons. The topological polar surface area (TPSA) is 79.2 Å². The average Bonchev–Trinajstić information content (AvgIpc) is 2.57. The molecule has 0 amide bonds. The van der Waals surface area contributed by atoms with E-state index in [2.05, 4.69) is 24.4 Å². The SMILES string of the molecule is CO[PH](O)(O)OCc1cc(C)c(Cc2ccc(O)c(C(C)C)c2)c(C)c1. The second kappa shape index (κ2) is 8.47. The van der Waals surface area contributed by atoms with E-state index in [0.717, 1.165) is 34.2 Å². The maximum absolute atomic E-state index is 10.0. The van der Waals surface area contributed by atoms with Gasteiger partial charge in [0.15, 0.2) is 0 Å². The Kier molecular flexibility index (Phi) is 6.78. The molecule has 2 rings (SSSR count). The van der Waals surface area contributed by atoms with Gasteiger partial charge in [-0.1, -0.05) is 0 Å². The maximum atomic E-state index is 10.0. The first kappa shape index (κ1) is 20.8. The zero-order chi connectivity index (χ0) is 19.5. The summed E-state index contributed by atoms with van der Waals surface area (Å²) in [5, 5.41) is 10.0. The molecule has 0 radical (unpaired) electrons. The molecule has 6 heteroatoms. The number of phenols is 1. The Morgan fingerprint density at radius 1 is 1.00 bits per heavy atom. The summed E-state index contributed by atoms with van der Waals surface area (Å²) < 4.78 is 9.66.